The van der Waals surface area contributed by atoms with Gasteiger partial charge in [0, 0.05) is 17.7 Å². The number of nitrogens with zero attached hydrogens (tertiary/aromatic N) is 3. The number of benzene rings is 1. The van der Waals surface area contributed by atoms with Gasteiger partial charge in [0.1, 0.15) is 0 Å². The molecule has 0 bridgehead atoms. The predicted octanol–water partition coefficient (Wildman–Crippen LogP) is 4.36. The van der Waals surface area contributed by atoms with Crippen LogP contribution < -0.4 is 0 Å². The number of hydrogen-bond acceptors (Lipinski definition) is 2. The van der Waals surface area contributed by atoms with Crippen LogP contribution in [0.2, 0.25) is 0 Å². The van der Waals surface area contributed by atoms with E-state index in [2.05, 4.69) is 33.3 Å². The summed E-state index contributed by atoms with van der Waals surface area (Å²) in [5, 5.41) is 6.51. The molecule has 0 N–H and O–H groups in total. The van der Waals surface area contributed by atoms with Crippen molar-refractivity contribution in [2.75, 3.05) is 0 Å². The van der Waals surface area contributed by atoms with Gasteiger partial charge in [0.25, 0.3) is 0 Å². The molecule has 4 rings (SSSR count). The van der Waals surface area contributed by atoms with Crippen LogP contribution in [0.15, 0.2) is 30.5 Å². The zero-order valence-electron chi connectivity index (χ0n) is 11.7. The average Bonchev–Trinajstić information content (AvgIpc) is 3.01. The summed E-state index contributed by atoms with van der Waals surface area (Å²) < 4.78 is 4.41. The SMILES string of the molecule is Cn1ncc2c1c1ccccc1n2SC1CCCCC1. The predicted molar refractivity (Wildman–Crippen MR) is 86.1 cm³/mol. The number of aryl methyl sites for hydroxylation is 1. The summed E-state index contributed by atoms with van der Waals surface area (Å²) in [5.41, 5.74) is 3.83. The Morgan fingerprint density at radius 2 is 1.90 bits per heavy atom. The summed E-state index contributed by atoms with van der Waals surface area (Å²) >= 11 is 2.01. The van der Waals surface area contributed by atoms with Crippen LogP contribution in [0.25, 0.3) is 21.9 Å². The van der Waals surface area contributed by atoms with Crippen molar-refractivity contribution in [1.29, 1.82) is 0 Å². The average molecular weight is 285 g/mol. The van der Waals surface area contributed by atoms with E-state index in [1.54, 1.807) is 0 Å². The van der Waals surface area contributed by atoms with Gasteiger partial charge in [0.05, 0.1) is 22.7 Å². The molecule has 0 amide bonds. The first-order valence-electron chi connectivity index (χ1n) is 7.43. The van der Waals surface area contributed by atoms with E-state index < -0.39 is 0 Å². The van der Waals surface area contributed by atoms with E-state index in [1.807, 2.05) is 29.9 Å². The van der Waals surface area contributed by atoms with Crippen LogP contribution >= 0.6 is 11.9 Å². The maximum absolute atomic E-state index is 4.44. The molecule has 104 valence electrons. The Kier molecular flexibility index (Phi) is 2.99. The maximum atomic E-state index is 4.44. The van der Waals surface area contributed by atoms with Crippen LogP contribution in [-0.4, -0.2) is 19.0 Å². The number of para-hydroxylation sites is 1. The summed E-state index contributed by atoms with van der Waals surface area (Å²) in [6, 6.07) is 8.68. The molecule has 1 aliphatic rings. The molecule has 0 aliphatic heterocycles. The molecule has 1 saturated carbocycles. The van der Waals surface area contributed by atoms with E-state index in [-0.39, 0.29) is 0 Å². The highest BCUT2D eigenvalue weighted by molar-refractivity contribution is 7.98. The third kappa shape index (κ3) is 1.85. The Hall–Kier alpha value is -1.42. The first kappa shape index (κ1) is 12.3. The van der Waals surface area contributed by atoms with E-state index in [4.69, 9.17) is 0 Å². The van der Waals surface area contributed by atoms with Crippen molar-refractivity contribution >= 4 is 33.9 Å². The van der Waals surface area contributed by atoms with Crippen molar-refractivity contribution in [2.24, 2.45) is 7.05 Å². The third-order valence-electron chi connectivity index (χ3n) is 4.32. The molecule has 2 aromatic heterocycles. The van der Waals surface area contributed by atoms with Crippen molar-refractivity contribution < 1.29 is 0 Å². The minimum Gasteiger partial charge on any atom is -0.280 e. The van der Waals surface area contributed by atoms with Crippen molar-refractivity contribution in [2.45, 2.75) is 37.4 Å². The fourth-order valence-corrected chi connectivity index (χ4v) is 4.66. The van der Waals surface area contributed by atoms with Crippen LogP contribution in [0.5, 0.6) is 0 Å². The van der Waals surface area contributed by atoms with Gasteiger partial charge in [-0.05, 0) is 30.9 Å². The highest BCUT2D eigenvalue weighted by atomic mass is 32.2. The topological polar surface area (TPSA) is 22.8 Å². The number of rotatable bonds is 2. The van der Waals surface area contributed by atoms with E-state index >= 15 is 0 Å². The highest BCUT2D eigenvalue weighted by Crippen LogP contribution is 2.37. The second-order valence-corrected chi connectivity index (χ2v) is 6.92. The molecule has 1 aromatic carbocycles. The van der Waals surface area contributed by atoms with Gasteiger partial charge in [-0.1, -0.05) is 37.5 Å². The van der Waals surface area contributed by atoms with Crippen LogP contribution in [0, 0.1) is 0 Å². The monoisotopic (exact) mass is 285 g/mol. The lowest BCUT2D eigenvalue weighted by Crippen LogP contribution is -2.10. The lowest BCUT2D eigenvalue weighted by molar-refractivity contribution is 0.515. The van der Waals surface area contributed by atoms with E-state index in [9.17, 15) is 0 Å². The van der Waals surface area contributed by atoms with E-state index in [0.717, 1.165) is 5.25 Å². The van der Waals surface area contributed by atoms with Gasteiger partial charge in [0.2, 0.25) is 0 Å². The molecular formula is C16H19N3S. The first-order valence-corrected chi connectivity index (χ1v) is 8.26. The van der Waals surface area contributed by atoms with Crippen molar-refractivity contribution in [3.8, 4) is 0 Å². The Bertz CT molecular complexity index is 750. The normalized spacial score (nSPS) is 17.2. The van der Waals surface area contributed by atoms with Crippen molar-refractivity contribution in [1.82, 2.24) is 13.8 Å². The molecule has 0 spiro atoms. The fraction of sp³-hybridized carbons (Fsp3) is 0.438. The molecule has 0 atom stereocenters. The van der Waals surface area contributed by atoms with Crippen LogP contribution in [0.1, 0.15) is 32.1 Å². The molecule has 0 unspecified atom stereocenters. The standard InChI is InChI=1S/C16H19N3S/c1-18-16-13-9-5-6-10-14(13)19(15(16)11-17-18)20-12-7-3-2-4-8-12/h5-6,9-12H,2-4,7-8H2,1H3. The summed E-state index contributed by atoms with van der Waals surface area (Å²) in [5.74, 6) is 0. The fourth-order valence-electron chi connectivity index (χ4n) is 3.30. The molecule has 0 saturated heterocycles. The van der Waals surface area contributed by atoms with Crippen molar-refractivity contribution in [3.05, 3.63) is 30.5 Å². The minimum atomic E-state index is 0.753. The molecule has 3 nitrogen and oxygen atoms in total. The van der Waals surface area contributed by atoms with E-state index in [1.165, 1.54) is 54.0 Å². The zero-order valence-corrected chi connectivity index (χ0v) is 12.6. The Morgan fingerprint density at radius 3 is 2.75 bits per heavy atom. The number of hydrogen-bond donors (Lipinski definition) is 0. The number of fused-ring (bicyclic) bond motifs is 3. The molecule has 0 radical (unpaired) electrons. The lowest BCUT2D eigenvalue weighted by atomic mass is 10.0. The van der Waals surface area contributed by atoms with Crippen LogP contribution in [0.4, 0.5) is 0 Å². The first-order chi connectivity index (χ1) is 9.84. The number of aromatic nitrogens is 3. The Morgan fingerprint density at radius 1 is 1.10 bits per heavy atom. The zero-order chi connectivity index (χ0) is 13.5. The van der Waals surface area contributed by atoms with Crippen molar-refractivity contribution in [3.63, 3.8) is 0 Å². The van der Waals surface area contributed by atoms with E-state index in [0.29, 0.717) is 0 Å². The van der Waals surface area contributed by atoms with Gasteiger partial charge in [-0.15, -0.1) is 0 Å². The summed E-state index contributed by atoms with van der Waals surface area (Å²) in [4.78, 5) is 0. The molecule has 4 heteroatoms. The summed E-state index contributed by atoms with van der Waals surface area (Å²) in [6.45, 7) is 0. The Balaban J connectivity index is 1.86. The smallest absolute Gasteiger partial charge is 0.0985 e. The summed E-state index contributed by atoms with van der Waals surface area (Å²) in [7, 11) is 2.03. The van der Waals surface area contributed by atoms with Gasteiger partial charge < -0.3 is 0 Å². The molecule has 3 aromatic rings. The maximum Gasteiger partial charge on any atom is 0.0985 e. The molecule has 1 aliphatic carbocycles. The summed E-state index contributed by atoms with van der Waals surface area (Å²) in [6.07, 6.45) is 8.87. The van der Waals surface area contributed by atoms with Gasteiger partial charge in [-0.25, -0.2) is 0 Å². The van der Waals surface area contributed by atoms with Gasteiger partial charge in [-0.2, -0.15) is 5.10 Å². The largest absolute Gasteiger partial charge is 0.280 e. The quantitative estimate of drug-likeness (QED) is 0.698. The second kappa shape index (κ2) is 4.85. The van der Waals surface area contributed by atoms with Gasteiger partial charge in [0.15, 0.2) is 0 Å². The highest BCUT2D eigenvalue weighted by Gasteiger charge is 2.19. The molecule has 2 heterocycles. The second-order valence-electron chi connectivity index (χ2n) is 5.68. The van der Waals surface area contributed by atoms with Crippen LogP contribution in [-0.2, 0) is 7.05 Å². The minimum absolute atomic E-state index is 0.753. The van der Waals surface area contributed by atoms with Gasteiger partial charge in [-0.3, -0.25) is 8.65 Å². The third-order valence-corrected chi connectivity index (χ3v) is 5.70. The molecule has 1 fully saturated rings. The molecule has 20 heavy (non-hydrogen) atoms. The molecular weight excluding hydrogens is 266 g/mol. The van der Waals surface area contributed by atoms with Crippen LogP contribution in [0.3, 0.4) is 0 Å². The Labute approximate surface area is 123 Å². The lowest BCUT2D eigenvalue weighted by Gasteiger charge is -2.21. The van der Waals surface area contributed by atoms with Gasteiger partial charge >= 0.3 is 0 Å².